The van der Waals surface area contributed by atoms with Crippen LogP contribution in [0.5, 0.6) is 0 Å². The van der Waals surface area contributed by atoms with E-state index in [1.807, 2.05) is 0 Å². The Hall–Kier alpha value is -3.80. The highest BCUT2D eigenvalue weighted by Crippen LogP contribution is 2.23. The second-order valence-electron chi connectivity index (χ2n) is 6.37. The Balaban J connectivity index is 1.79. The van der Waals surface area contributed by atoms with Crippen LogP contribution in [0.2, 0.25) is 0 Å². The summed E-state index contributed by atoms with van der Waals surface area (Å²) in [6.07, 6.45) is 2.85. The van der Waals surface area contributed by atoms with Crippen LogP contribution in [0.3, 0.4) is 0 Å². The highest BCUT2D eigenvalue weighted by atomic mass is 19.1. The summed E-state index contributed by atoms with van der Waals surface area (Å²) < 4.78 is 32.2. The first-order valence-electron chi connectivity index (χ1n) is 9.28. The number of amides is 1. The van der Waals surface area contributed by atoms with Gasteiger partial charge in [0.05, 0.1) is 12.2 Å². The molecule has 3 rings (SSSR count). The van der Waals surface area contributed by atoms with Crippen LogP contribution in [0.4, 0.5) is 14.5 Å². The van der Waals surface area contributed by atoms with Gasteiger partial charge in [0, 0.05) is 11.8 Å². The van der Waals surface area contributed by atoms with Crippen molar-refractivity contribution >= 4 is 23.6 Å². The van der Waals surface area contributed by atoms with Crippen molar-refractivity contribution in [2.75, 3.05) is 11.9 Å². The third kappa shape index (κ3) is 5.38. The predicted octanol–water partition coefficient (Wildman–Crippen LogP) is 5.46. The lowest BCUT2D eigenvalue weighted by atomic mass is 10.0. The Morgan fingerprint density at radius 1 is 0.967 bits per heavy atom. The molecule has 6 heteroatoms. The van der Waals surface area contributed by atoms with Gasteiger partial charge in [-0.15, -0.1) is 0 Å². The van der Waals surface area contributed by atoms with Crippen LogP contribution in [0.15, 0.2) is 72.8 Å². The van der Waals surface area contributed by atoms with Gasteiger partial charge in [-0.05, 0) is 66.1 Å². The standard InChI is InChI=1S/C24H19F2NO3/c1-2-30-23(28)13-6-16-4-3-5-20(14-16)27-24(29)21-15-18(9-12-22(21)26)17-7-10-19(25)11-8-17/h3-15H,2H2,1H3,(H,27,29)/b13-6+. The van der Waals surface area contributed by atoms with Gasteiger partial charge >= 0.3 is 5.97 Å². The molecule has 152 valence electrons. The summed E-state index contributed by atoms with van der Waals surface area (Å²) in [5.74, 6) is -2.14. The predicted molar refractivity (Wildman–Crippen MR) is 112 cm³/mol. The lowest BCUT2D eigenvalue weighted by molar-refractivity contribution is -0.137. The number of esters is 1. The normalized spacial score (nSPS) is 10.8. The summed E-state index contributed by atoms with van der Waals surface area (Å²) in [5, 5.41) is 2.65. The zero-order valence-corrected chi connectivity index (χ0v) is 16.2. The fraction of sp³-hybridized carbons (Fsp3) is 0.0833. The number of rotatable bonds is 6. The Bertz CT molecular complexity index is 1090. The Morgan fingerprint density at radius 3 is 2.43 bits per heavy atom. The van der Waals surface area contributed by atoms with Crippen molar-refractivity contribution in [3.63, 3.8) is 0 Å². The molecule has 0 aliphatic carbocycles. The molecule has 4 nitrogen and oxygen atoms in total. The molecular weight excluding hydrogens is 388 g/mol. The average molecular weight is 407 g/mol. The first kappa shape index (κ1) is 20.9. The highest BCUT2D eigenvalue weighted by molar-refractivity contribution is 6.05. The molecule has 0 saturated carbocycles. The van der Waals surface area contributed by atoms with E-state index in [1.165, 1.54) is 36.4 Å². The van der Waals surface area contributed by atoms with E-state index < -0.39 is 17.7 Å². The number of carbonyl (C=O) groups excluding carboxylic acids is 2. The SMILES string of the molecule is CCOC(=O)/C=C/c1cccc(NC(=O)c2cc(-c3ccc(F)cc3)ccc2F)c1. The number of nitrogens with one attached hydrogen (secondary N) is 1. The fourth-order valence-electron chi connectivity index (χ4n) is 2.79. The molecule has 0 aromatic heterocycles. The molecule has 0 radical (unpaired) electrons. The number of halogens is 2. The van der Waals surface area contributed by atoms with Crippen LogP contribution < -0.4 is 5.32 Å². The molecule has 0 spiro atoms. The summed E-state index contributed by atoms with van der Waals surface area (Å²) in [6, 6.07) is 16.6. The molecule has 0 unspecified atom stereocenters. The van der Waals surface area contributed by atoms with Gasteiger partial charge in [-0.3, -0.25) is 4.79 Å². The average Bonchev–Trinajstić information content (AvgIpc) is 2.74. The maximum Gasteiger partial charge on any atom is 0.330 e. The van der Waals surface area contributed by atoms with Crippen molar-refractivity contribution in [2.45, 2.75) is 6.92 Å². The smallest absolute Gasteiger partial charge is 0.330 e. The summed E-state index contributed by atoms with van der Waals surface area (Å²) in [4.78, 5) is 24.1. The molecule has 1 amide bonds. The van der Waals surface area contributed by atoms with E-state index in [1.54, 1.807) is 49.4 Å². The number of hydrogen-bond acceptors (Lipinski definition) is 3. The van der Waals surface area contributed by atoms with Gasteiger partial charge in [0.1, 0.15) is 11.6 Å². The largest absolute Gasteiger partial charge is 0.463 e. The van der Waals surface area contributed by atoms with Gasteiger partial charge in [-0.25, -0.2) is 13.6 Å². The van der Waals surface area contributed by atoms with Gasteiger partial charge < -0.3 is 10.1 Å². The lowest BCUT2D eigenvalue weighted by Crippen LogP contribution is -2.14. The van der Waals surface area contributed by atoms with E-state index in [-0.39, 0.29) is 18.0 Å². The van der Waals surface area contributed by atoms with Gasteiger partial charge in [0.25, 0.3) is 5.91 Å². The third-order valence-corrected chi connectivity index (χ3v) is 4.23. The lowest BCUT2D eigenvalue weighted by Gasteiger charge is -2.09. The molecule has 30 heavy (non-hydrogen) atoms. The topological polar surface area (TPSA) is 55.4 Å². The van der Waals surface area contributed by atoms with E-state index >= 15 is 0 Å². The van der Waals surface area contributed by atoms with Crippen LogP contribution >= 0.6 is 0 Å². The van der Waals surface area contributed by atoms with Crippen molar-refractivity contribution in [1.29, 1.82) is 0 Å². The number of ether oxygens (including phenoxy) is 1. The van der Waals surface area contributed by atoms with Gasteiger partial charge in [-0.2, -0.15) is 0 Å². The number of hydrogen-bond donors (Lipinski definition) is 1. The van der Waals surface area contributed by atoms with Crippen LogP contribution in [0.1, 0.15) is 22.8 Å². The highest BCUT2D eigenvalue weighted by Gasteiger charge is 2.14. The van der Waals surface area contributed by atoms with Crippen LogP contribution in [-0.2, 0) is 9.53 Å². The van der Waals surface area contributed by atoms with Gasteiger partial charge in [0.2, 0.25) is 0 Å². The first-order valence-corrected chi connectivity index (χ1v) is 9.28. The van der Waals surface area contributed by atoms with Crippen LogP contribution in [0, 0.1) is 11.6 Å². The Labute approximate surface area is 172 Å². The second kappa shape index (κ2) is 9.60. The van der Waals surface area contributed by atoms with E-state index in [0.717, 1.165) is 0 Å². The third-order valence-electron chi connectivity index (χ3n) is 4.23. The molecule has 0 saturated heterocycles. The maximum absolute atomic E-state index is 14.3. The van der Waals surface area contributed by atoms with Gasteiger partial charge in [0.15, 0.2) is 0 Å². The minimum Gasteiger partial charge on any atom is -0.463 e. The summed E-state index contributed by atoms with van der Waals surface area (Å²) in [6.45, 7) is 1.99. The second-order valence-corrected chi connectivity index (χ2v) is 6.37. The Kier molecular flexibility index (Phi) is 6.70. The minimum absolute atomic E-state index is 0.135. The summed E-state index contributed by atoms with van der Waals surface area (Å²) >= 11 is 0. The molecule has 3 aromatic rings. The maximum atomic E-state index is 14.3. The van der Waals surface area contributed by atoms with Crippen molar-refractivity contribution in [3.8, 4) is 11.1 Å². The van der Waals surface area contributed by atoms with Gasteiger partial charge in [-0.1, -0.05) is 30.3 Å². The minimum atomic E-state index is -0.670. The molecule has 0 fully saturated rings. The van der Waals surface area contributed by atoms with Crippen molar-refractivity contribution in [1.82, 2.24) is 0 Å². The molecule has 0 heterocycles. The van der Waals surface area contributed by atoms with E-state index in [4.69, 9.17) is 4.74 Å². The molecule has 3 aromatic carbocycles. The monoisotopic (exact) mass is 407 g/mol. The molecule has 0 bridgehead atoms. The summed E-state index contributed by atoms with van der Waals surface area (Å²) in [5.41, 5.74) is 2.23. The fourth-order valence-corrected chi connectivity index (χ4v) is 2.79. The van der Waals surface area contributed by atoms with Crippen molar-refractivity contribution in [3.05, 3.63) is 95.6 Å². The molecule has 1 N–H and O–H groups in total. The van der Waals surface area contributed by atoms with E-state index in [0.29, 0.717) is 22.4 Å². The number of carbonyl (C=O) groups is 2. The Morgan fingerprint density at radius 2 is 1.70 bits per heavy atom. The molecule has 0 aliphatic heterocycles. The van der Waals surface area contributed by atoms with Crippen LogP contribution in [0.25, 0.3) is 17.2 Å². The summed E-state index contributed by atoms with van der Waals surface area (Å²) in [7, 11) is 0. The molecule has 0 atom stereocenters. The zero-order valence-electron chi connectivity index (χ0n) is 16.2. The van der Waals surface area contributed by atoms with Crippen molar-refractivity contribution < 1.29 is 23.1 Å². The zero-order chi connectivity index (χ0) is 21.5. The number of anilines is 1. The van der Waals surface area contributed by atoms with E-state index in [2.05, 4.69) is 5.32 Å². The molecule has 0 aliphatic rings. The number of benzene rings is 3. The van der Waals surface area contributed by atoms with Crippen LogP contribution in [-0.4, -0.2) is 18.5 Å². The van der Waals surface area contributed by atoms with E-state index in [9.17, 15) is 18.4 Å². The van der Waals surface area contributed by atoms with Crippen molar-refractivity contribution in [2.24, 2.45) is 0 Å². The first-order chi connectivity index (χ1) is 14.5. The molecular formula is C24H19F2NO3. The quantitative estimate of drug-likeness (QED) is 0.436.